The standard InChI is InChI=1S/C27H41N5O5S/c1-17(2)15-21(25(35)30-20(24(28)34)12-14-38-4)31-26(36)23-11-8-13-32(23)27(37)22(29-18(3)33)16-19-9-6-5-7-10-19/h5-7,9-10,17,20-23H,8,11-16H2,1-4H3,(H2,28,34)(H,29,33)(H,30,35)(H,31,36). The number of nitrogens with zero attached hydrogens (tertiary/aromatic N) is 1. The lowest BCUT2D eigenvalue weighted by Gasteiger charge is -2.30. The van der Waals surface area contributed by atoms with E-state index >= 15 is 0 Å². The second-order valence-electron chi connectivity index (χ2n) is 10.1. The first-order valence-electron chi connectivity index (χ1n) is 13.0. The maximum Gasteiger partial charge on any atom is 0.246 e. The Morgan fingerprint density at radius 1 is 1.03 bits per heavy atom. The molecule has 4 unspecified atom stereocenters. The number of thioether (sulfide) groups is 1. The number of nitrogens with two attached hydrogens (primary N) is 1. The molecule has 0 spiro atoms. The van der Waals surface area contributed by atoms with E-state index < -0.39 is 41.9 Å². The van der Waals surface area contributed by atoms with Crippen LogP contribution in [0.2, 0.25) is 0 Å². The average Bonchev–Trinajstić information content (AvgIpc) is 3.35. The van der Waals surface area contributed by atoms with Crippen molar-refractivity contribution in [1.29, 1.82) is 0 Å². The first-order chi connectivity index (χ1) is 18.0. The lowest BCUT2D eigenvalue weighted by atomic mass is 10.0. The van der Waals surface area contributed by atoms with Crippen LogP contribution in [0.15, 0.2) is 30.3 Å². The van der Waals surface area contributed by atoms with Gasteiger partial charge in [0.2, 0.25) is 29.5 Å². The van der Waals surface area contributed by atoms with E-state index in [1.165, 1.54) is 23.6 Å². The van der Waals surface area contributed by atoms with Crippen molar-refractivity contribution in [3.05, 3.63) is 35.9 Å². The molecule has 1 saturated heterocycles. The van der Waals surface area contributed by atoms with Crippen molar-refractivity contribution in [3.8, 4) is 0 Å². The van der Waals surface area contributed by atoms with Gasteiger partial charge in [-0.3, -0.25) is 24.0 Å². The summed E-state index contributed by atoms with van der Waals surface area (Å²) in [6.45, 7) is 5.59. The first kappa shape index (κ1) is 31.1. The van der Waals surface area contributed by atoms with Gasteiger partial charge in [-0.2, -0.15) is 11.8 Å². The summed E-state index contributed by atoms with van der Waals surface area (Å²) in [5.41, 5.74) is 6.36. The van der Waals surface area contributed by atoms with Crippen molar-refractivity contribution in [1.82, 2.24) is 20.9 Å². The minimum atomic E-state index is -0.883. The van der Waals surface area contributed by atoms with Crippen LogP contribution in [0.25, 0.3) is 0 Å². The number of hydrogen-bond acceptors (Lipinski definition) is 6. The topological polar surface area (TPSA) is 151 Å². The van der Waals surface area contributed by atoms with E-state index in [-0.39, 0.29) is 17.7 Å². The third kappa shape index (κ3) is 9.66. The Hall–Kier alpha value is -3.08. The molecule has 5 amide bonds. The van der Waals surface area contributed by atoms with Gasteiger partial charge in [-0.1, -0.05) is 44.2 Å². The predicted octanol–water partition coefficient (Wildman–Crippen LogP) is 0.979. The average molecular weight is 548 g/mol. The predicted molar refractivity (Wildman–Crippen MR) is 148 cm³/mol. The minimum absolute atomic E-state index is 0.0839. The summed E-state index contributed by atoms with van der Waals surface area (Å²) in [4.78, 5) is 65.2. The van der Waals surface area contributed by atoms with Gasteiger partial charge in [-0.25, -0.2) is 0 Å². The van der Waals surface area contributed by atoms with Crippen molar-refractivity contribution < 1.29 is 24.0 Å². The highest BCUT2D eigenvalue weighted by Crippen LogP contribution is 2.20. The monoisotopic (exact) mass is 547 g/mol. The van der Waals surface area contributed by atoms with Gasteiger partial charge in [-0.15, -0.1) is 0 Å². The summed E-state index contributed by atoms with van der Waals surface area (Å²) >= 11 is 1.54. The summed E-state index contributed by atoms with van der Waals surface area (Å²) in [5.74, 6) is -1.48. The Bertz CT molecular complexity index is 974. The maximum atomic E-state index is 13.5. The van der Waals surface area contributed by atoms with Gasteiger partial charge >= 0.3 is 0 Å². The molecule has 10 nitrogen and oxygen atoms in total. The van der Waals surface area contributed by atoms with Crippen LogP contribution in [0.3, 0.4) is 0 Å². The van der Waals surface area contributed by atoms with Crippen LogP contribution < -0.4 is 21.7 Å². The molecule has 1 aliphatic rings. The molecule has 0 saturated carbocycles. The van der Waals surface area contributed by atoms with Gasteiger partial charge in [-0.05, 0) is 49.2 Å². The van der Waals surface area contributed by atoms with Gasteiger partial charge in [0.15, 0.2) is 0 Å². The highest BCUT2D eigenvalue weighted by Gasteiger charge is 2.39. The van der Waals surface area contributed by atoms with Gasteiger partial charge < -0.3 is 26.6 Å². The minimum Gasteiger partial charge on any atom is -0.368 e. The molecule has 2 rings (SSSR count). The highest BCUT2D eigenvalue weighted by molar-refractivity contribution is 7.98. The number of nitrogens with one attached hydrogen (secondary N) is 3. The zero-order chi connectivity index (χ0) is 28.2. The van der Waals surface area contributed by atoms with Crippen LogP contribution in [0, 0.1) is 5.92 Å². The molecule has 38 heavy (non-hydrogen) atoms. The molecule has 0 radical (unpaired) electrons. The Morgan fingerprint density at radius 2 is 1.71 bits per heavy atom. The van der Waals surface area contributed by atoms with E-state index in [0.717, 1.165) is 5.56 Å². The van der Waals surface area contributed by atoms with Crippen LogP contribution in [0.5, 0.6) is 0 Å². The molecule has 0 bridgehead atoms. The second-order valence-corrected chi connectivity index (χ2v) is 11.1. The smallest absolute Gasteiger partial charge is 0.246 e. The molecule has 210 valence electrons. The van der Waals surface area contributed by atoms with Gasteiger partial charge in [0.25, 0.3) is 0 Å². The van der Waals surface area contributed by atoms with Crippen LogP contribution in [-0.2, 0) is 30.4 Å². The zero-order valence-corrected chi connectivity index (χ0v) is 23.5. The number of rotatable bonds is 14. The van der Waals surface area contributed by atoms with Crippen molar-refractivity contribution in [3.63, 3.8) is 0 Å². The summed E-state index contributed by atoms with van der Waals surface area (Å²) in [7, 11) is 0. The van der Waals surface area contributed by atoms with Gasteiger partial charge in [0.1, 0.15) is 24.2 Å². The van der Waals surface area contributed by atoms with Crippen LogP contribution in [-0.4, -0.2) is 77.2 Å². The lowest BCUT2D eigenvalue weighted by Crippen LogP contribution is -2.58. The Kier molecular flexibility index (Phi) is 12.6. The van der Waals surface area contributed by atoms with E-state index in [2.05, 4.69) is 16.0 Å². The molecule has 0 aromatic heterocycles. The van der Waals surface area contributed by atoms with E-state index in [1.54, 1.807) is 0 Å². The third-order valence-electron chi connectivity index (χ3n) is 6.41. The van der Waals surface area contributed by atoms with Crippen LogP contribution >= 0.6 is 11.8 Å². The molecular formula is C27H41N5O5S. The number of carbonyl (C=O) groups excluding carboxylic acids is 5. The van der Waals surface area contributed by atoms with E-state index in [4.69, 9.17) is 5.73 Å². The summed E-state index contributed by atoms with van der Waals surface area (Å²) < 4.78 is 0. The fraction of sp³-hybridized carbons (Fsp3) is 0.593. The Labute approximate surface area is 229 Å². The van der Waals surface area contributed by atoms with Crippen LogP contribution in [0.4, 0.5) is 0 Å². The summed E-state index contributed by atoms with van der Waals surface area (Å²) in [5, 5.41) is 8.23. The van der Waals surface area contributed by atoms with Crippen LogP contribution in [0.1, 0.15) is 52.0 Å². The zero-order valence-electron chi connectivity index (χ0n) is 22.7. The number of likely N-dealkylation sites (tertiary alicyclic amines) is 1. The van der Waals surface area contributed by atoms with E-state index in [9.17, 15) is 24.0 Å². The second kappa shape index (κ2) is 15.4. The van der Waals surface area contributed by atoms with E-state index in [0.29, 0.717) is 44.4 Å². The third-order valence-corrected chi connectivity index (χ3v) is 7.05. The van der Waals surface area contributed by atoms with Crippen molar-refractivity contribution in [2.75, 3.05) is 18.6 Å². The molecule has 1 aromatic rings. The fourth-order valence-corrected chi connectivity index (χ4v) is 5.03. The number of benzene rings is 1. The molecule has 1 aromatic carbocycles. The Morgan fingerprint density at radius 3 is 2.29 bits per heavy atom. The van der Waals surface area contributed by atoms with Gasteiger partial charge in [0, 0.05) is 19.9 Å². The normalized spacial score (nSPS) is 17.4. The lowest BCUT2D eigenvalue weighted by molar-refractivity contribution is -0.142. The Balaban J connectivity index is 2.16. The molecule has 11 heteroatoms. The first-order valence-corrected chi connectivity index (χ1v) is 14.4. The van der Waals surface area contributed by atoms with Crippen molar-refractivity contribution >= 4 is 41.3 Å². The van der Waals surface area contributed by atoms with Gasteiger partial charge in [0.05, 0.1) is 0 Å². The highest BCUT2D eigenvalue weighted by atomic mass is 32.2. The number of carbonyl (C=O) groups is 5. The van der Waals surface area contributed by atoms with E-state index in [1.807, 2.05) is 50.4 Å². The molecule has 4 atom stereocenters. The molecule has 0 aliphatic carbocycles. The number of amides is 5. The number of primary amides is 1. The van der Waals surface area contributed by atoms with Crippen molar-refractivity contribution in [2.24, 2.45) is 11.7 Å². The largest absolute Gasteiger partial charge is 0.368 e. The molecular weight excluding hydrogens is 506 g/mol. The fourth-order valence-electron chi connectivity index (χ4n) is 4.56. The SMILES string of the molecule is CSCCC(NC(=O)C(CC(C)C)NC(=O)C1CCCN1C(=O)C(Cc1ccccc1)NC(C)=O)C(N)=O. The number of hydrogen-bond donors (Lipinski definition) is 4. The molecule has 1 aliphatic heterocycles. The molecule has 1 heterocycles. The summed E-state index contributed by atoms with van der Waals surface area (Å²) in [6, 6.07) is 6.06. The van der Waals surface area contributed by atoms with Crippen molar-refractivity contribution in [2.45, 2.75) is 77.0 Å². The molecule has 5 N–H and O–H groups in total. The summed E-state index contributed by atoms with van der Waals surface area (Å²) in [6.07, 6.45) is 4.01. The maximum absolute atomic E-state index is 13.5. The quantitative estimate of drug-likeness (QED) is 0.273. The molecule has 1 fully saturated rings.